The minimum Gasteiger partial charge on any atom is -0.0622 e. The molecule has 8 aliphatic carbocycles. The van der Waals surface area contributed by atoms with Crippen molar-refractivity contribution >= 4 is 0 Å². The molecule has 0 heteroatoms. The van der Waals surface area contributed by atoms with Crippen LogP contribution in [0.1, 0.15) is 128 Å². The first-order valence-electron chi connectivity index (χ1n) is 15.5. The third-order valence-electron chi connectivity index (χ3n) is 12.9. The van der Waals surface area contributed by atoms with Crippen molar-refractivity contribution < 1.29 is 0 Å². The molecular weight excluding hydrogens is 444 g/mol. The first-order chi connectivity index (χ1) is 17.3. The Kier molecular flexibility index (Phi) is 4.16. The second-order valence-corrected chi connectivity index (χ2v) is 18.0. The first-order valence-corrected chi connectivity index (χ1v) is 15.5. The van der Waals surface area contributed by atoms with Gasteiger partial charge in [0.05, 0.1) is 0 Å². The van der Waals surface area contributed by atoms with E-state index in [1.54, 1.807) is 16.7 Å². The predicted molar refractivity (Wildman–Crippen MR) is 154 cm³/mol. The van der Waals surface area contributed by atoms with E-state index < -0.39 is 0 Å². The normalized spacial score (nSPS) is 53.1. The van der Waals surface area contributed by atoms with Crippen molar-refractivity contribution in [1.82, 2.24) is 0 Å². The topological polar surface area (TPSA) is 0 Å². The smallest absolute Gasteiger partial charge is 0.00281 e. The van der Waals surface area contributed by atoms with Gasteiger partial charge < -0.3 is 0 Å². The molecule has 0 aromatic heterocycles. The van der Waals surface area contributed by atoms with Gasteiger partial charge in [0.1, 0.15) is 0 Å². The minimum absolute atomic E-state index is 0.345. The van der Waals surface area contributed by atoms with E-state index in [0.29, 0.717) is 43.3 Å². The van der Waals surface area contributed by atoms with Crippen LogP contribution in [0.3, 0.4) is 0 Å². The molecule has 8 bridgehead atoms. The molecule has 2 aromatic rings. The van der Waals surface area contributed by atoms with Crippen LogP contribution >= 0.6 is 0 Å². The van der Waals surface area contributed by atoms with Gasteiger partial charge in [-0.1, -0.05) is 89.2 Å². The van der Waals surface area contributed by atoms with E-state index in [1.807, 2.05) is 0 Å². The first kappa shape index (κ1) is 23.3. The van der Waals surface area contributed by atoms with Gasteiger partial charge in [-0.05, 0) is 137 Å². The summed E-state index contributed by atoms with van der Waals surface area (Å²) in [6.07, 6.45) is 17.0. The van der Waals surface area contributed by atoms with Crippen molar-refractivity contribution in [1.29, 1.82) is 0 Å². The predicted octanol–water partition coefficient (Wildman–Crippen LogP) is 9.89. The molecule has 2 atom stereocenters. The van der Waals surface area contributed by atoms with Crippen molar-refractivity contribution in [3.8, 4) is 0 Å². The van der Waals surface area contributed by atoms with Crippen molar-refractivity contribution in [3.05, 3.63) is 71.3 Å². The quantitative estimate of drug-likeness (QED) is 0.400. The summed E-state index contributed by atoms with van der Waals surface area (Å²) in [7, 11) is 0. The lowest BCUT2D eigenvalue weighted by molar-refractivity contribution is -0.152. The molecule has 0 nitrogen and oxygen atoms in total. The van der Waals surface area contributed by atoms with E-state index in [2.05, 4.69) is 89.2 Å². The van der Waals surface area contributed by atoms with Crippen LogP contribution < -0.4 is 0 Å². The lowest BCUT2D eigenvalue weighted by atomic mass is 9.34. The summed E-state index contributed by atoms with van der Waals surface area (Å²) in [4.78, 5) is 0. The highest BCUT2D eigenvalue weighted by Crippen LogP contribution is 2.75. The molecule has 0 aliphatic heterocycles. The molecule has 0 spiro atoms. The van der Waals surface area contributed by atoms with Gasteiger partial charge in [-0.25, -0.2) is 0 Å². The van der Waals surface area contributed by atoms with Gasteiger partial charge in [-0.3, -0.25) is 0 Å². The average Bonchev–Trinajstić information content (AvgIpc) is 2.74. The van der Waals surface area contributed by atoms with Gasteiger partial charge in [0.15, 0.2) is 0 Å². The highest BCUT2D eigenvalue weighted by atomic mass is 14.7. The number of hydrogen-bond donors (Lipinski definition) is 0. The van der Waals surface area contributed by atoms with Crippen molar-refractivity contribution in [2.45, 2.75) is 128 Å². The van der Waals surface area contributed by atoms with Gasteiger partial charge in [-0.2, -0.15) is 0 Å². The Morgan fingerprint density at radius 3 is 0.946 bits per heavy atom. The highest BCUT2D eigenvalue weighted by molar-refractivity contribution is 5.42. The third kappa shape index (κ3) is 3.20. The number of benzene rings is 2. The van der Waals surface area contributed by atoms with Crippen LogP contribution in [-0.2, 0) is 16.2 Å². The summed E-state index contributed by atoms with van der Waals surface area (Å²) >= 11 is 0. The molecule has 0 amide bonds. The molecule has 10 rings (SSSR count). The fourth-order valence-corrected chi connectivity index (χ4v) is 14.9. The number of hydrogen-bond acceptors (Lipinski definition) is 0. The molecule has 8 aliphatic rings. The Hall–Kier alpha value is -1.56. The molecule has 2 unspecified atom stereocenters. The minimum atomic E-state index is 0.345. The van der Waals surface area contributed by atoms with Crippen LogP contribution in [0.15, 0.2) is 54.6 Å². The maximum Gasteiger partial charge on any atom is -0.00281 e. The zero-order chi connectivity index (χ0) is 25.6. The molecule has 8 saturated carbocycles. The largest absolute Gasteiger partial charge is 0.0622 e. The van der Waals surface area contributed by atoms with Crippen molar-refractivity contribution in [2.75, 3.05) is 0 Å². The van der Waals surface area contributed by atoms with E-state index in [4.69, 9.17) is 0 Å². The molecule has 196 valence electrons. The average molecular weight is 493 g/mol. The van der Waals surface area contributed by atoms with Gasteiger partial charge in [0.25, 0.3) is 0 Å². The van der Waals surface area contributed by atoms with Gasteiger partial charge in [0, 0.05) is 0 Å². The Morgan fingerprint density at radius 1 is 0.324 bits per heavy atom. The second-order valence-electron chi connectivity index (χ2n) is 18.0. The SMILES string of the molecule is CC12CC3(C)CC(C)(C1)CC(c1ccc(C45CC6(C)CC(C)(CC(c7ccccc7)(C6)C4)C5)cc1)(C2)C3. The summed E-state index contributed by atoms with van der Waals surface area (Å²) in [5, 5.41) is 0. The third-order valence-corrected chi connectivity index (χ3v) is 12.9. The Labute approximate surface area is 226 Å². The molecular formula is C37H48. The van der Waals surface area contributed by atoms with Crippen LogP contribution in [-0.4, -0.2) is 0 Å². The standard InChI is InChI=1S/C37H48/c1-30-15-31(2)17-32(3,16-30)21-35(19-30,20-31)28-11-13-29(14-12-28)37-24-33(4)18-34(5,25-37)23-36(22-33,26-37)27-9-7-6-8-10-27/h6-14H,15-26H2,1-5H3. The maximum absolute atomic E-state index is 2.64. The summed E-state index contributed by atoms with van der Waals surface area (Å²) in [5.41, 5.74) is 8.65. The molecule has 8 fully saturated rings. The van der Waals surface area contributed by atoms with Gasteiger partial charge in [-0.15, -0.1) is 0 Å². The molecule has 37 heavy (non-hydrogen) atoms. The van der Waals surface area contributed by atoms with Crippen LogP contribution in [0.5, 0.6) is 0 Å². The molecule has 2 aromatic carbocycles. The fraction of sp³-hybridized carbons (Fsp3) is 0.676. The zero-order valence-corrected chi connectivity index (χ0v) is 24.2. The Morgan fingerprint density at radius 2 is 0.595 bits per heavy atom. The summed E-state index contributed by atoms with van der Waals surface area (Å²) < 4.78 is 0. The summed E-state index contributed by atoms with van der Waals surface area (Å²) in [5.74, 6) is 0. The number of rotatable bonds is 3. The van der Waals surface area contributed by atoms with Crippen LogP contribution in [0.2, 0.25) is 0 Å². The van der Waals surface area contributed by atoms with Gasteiger partial charge >= 0.3 is 0 Å². The van der Waals surface area contributed by atoms with Crippen LogP contribution in [0.4, 0.5) is 0 Å². The molecule has 0 heterocycles. The Balaban J connectivity index is 1.19. The zero-order valence-electron chi connectivity index (χ0n) is 24.2. The molecule has 0 radical (unpaired) electrons. The fourth-order valence-electron chi connectivity index (χ4n) is 14.9. The maximum atomic E-state index is 2.64. The monoisotopic (exact) mass is 492 g/mol. The van der Waals surface area contributed by atoms with E-state index in [0.717, 1.165) is 0 Å². The summed E-state index contributed by atoms with van der Waals surface area (Å²) in [6, 6.07) is 22.2. The van der Waals surface area contributed by atoms with Gasteiger partial charge in [0.2, 0.25) is 0 Å². The van der Waals surface area contributed by atoms with E-state index >= 15 is 0 Å². The highest BCUT2D eigenvalue weighted by Gasteiger charge is 2.67. The lowest BCUT2D eigenvalue weighted by Gasteiger charge is -2.70. The second kappa shape index (κ2) is 6.59. The van der Waals surface area contributed by atoms with Crippen LogP contribution in [0.25, 0.3) is 0 Å². The van der Waals surface area contributed by atoms with E-state index in [-0.39, 0.29) is 0 Å². The van der Waals surface area contributed by atoms with Crippen molar-refractivity contribution in [2.24, 2.45) is 27.1 Å². The van der Waals surface area contributed by atoms with Crippen molar-refractivity contribution in [3.63, 3.8) is 0 Å². The van der Waals surface area contributed by atoms with E-state index in [9.17, 15) is 0 Å². The molecule has 0 saturated heterocycles. The van der Waals surface area contributed by atoms with Crippen LogP contribution in [0, 0.1) is 27.1 Å². The Bertz CT molecular complexity index is 1190. The molecule has 0 N–H and O–H groups in total. The lowest BCUT2D eigenvalue weighted by Crippen LogP contribution is -2.62. The van der Waals surface area contributed by atoms with E-state index in [1.165, 1.54) is 77.0 Å². The summed E-state index contributed by atoms with van der Waals surface area (Å²) in [6.45, 7) is 13.2.